The van der Waals surface area contributed by atoms with E-state index < -0.39 is 0 Å². The van der Waals surface area contributed by atoms with Crippen molar-refractivity contribution in [2.24, 2.45) is 0 Å². The van der Waals surface area contributed by atoms with Gasteiger partial charge in [0.2, 0.25) is 0 Å². The van der Waals surface area contributed by atoms with Crippen LogP contribution in [0.5, 0.6) is 0 Å². The van der Waals surface area contributed by atoms with Crippen molar-refractivity contribution in [3.8, 4) is 0 Å². The maximum Gasteiger partial charge on any atom is 0.117 e. The Kier molecular flexibility index (Phi) is 11.1. The number of allylic oxidation sites excluding steroid dienone is 4. The maximum atomic E-state index is 2.84. The first-order chi connectivity index (χ1) is 27.8. The van der Waals surface area contributed by atoms with Crippen LogP contribution in [0.15, 0.2) is 102 Å². The molecule has 57 heavy (non-hydrogen) atoms. The van der Waals surface area contributed by atoms with Crippen LogP contribution in [0.25, 0.3) is 11.1 Å². The van der Waals surface area contributed by atoms with Gasteiger partial charge in [-0.25, -0.2) is 0 Å². The minimum atomic E-state index is -0.217. The molecule has 0 spiro atoms. The lowest BCUT2D eigenvalue weighted by molar-refractivity contribution is 0.479. The molecule has 4 aliphatic carbocycles. The van der Waals surface area contributed by atoms with Crippen molar-refractivity contribution < 1.29 is 0 Å². The van der Waals surface area contributed by atoms with Gasteiger partial charge in [-0.2, -0.15) is 0 Å². The summed E-state index contributed by atoms with van der Waals surface area (Å²) >= 11 is 0. The van der Waals surface area contributed by atoms with Gasteiger partial charge >= 0.3 is 0 Å². The zero-order valence-electron chi connectivity index (χ0n) is 35.8. The van der Waals surface area contributed by atoms with E-state index >= 15 is 0 Å². The molecule has 0 aromatic heterocycles. The highest BCUT2D eigenvalue weighted by Crippen LogP contribution is 2.65. The molecular formula is C54H65N2P. The Hall–Kier alpha value is -3.87. The van der Waals surface area contributed by atoms with Crippen LogP contribution in [0.2, 0.25) is 0 Å². The van der Waals surface area contributed by atoms with Crippen molar-refractivity contribution in [1.29, 1.82) is 0 Å². The van der Waals surface area contributed by atoms with Gasteiger partial charge in [-0.3, -0.25) is 0 Å². The number of hydrogen-bond acceptors (Lipinski definition) is 2. The van der Waals surface area contributed by atoms with Crippen molar-refractivity contribution >= 4 is 30.4 Å². The van der Waals surface area contributed by atoms with Crippen molar-refractivity contribution in [3.05, 3.63) is 152 Å². The first kappa shape index (κ1) is 38.6. The van der Waals surface area contributed by atoms with Crippen LogP contribution in [-0.2, 0) is 0 Å². The van der Waals surface area contributed by atoms with Gasteiger partial charge in [0, 0.05) is 35.7 Å². The zero-order valence-corrected chi connectivity index (χ0v) is 36.7. The molecule has 1 aliphatic heterocycles. The summed E-state index contributed by atoms with van der Waals surface area (Å²) < 4.78 is 0. The fourth-order valence-electron chi connectivity index (χ4n) is 12.2. The number of benzene rings is 4. The van der Waals surface area contributed by atoms with E-state index in [1.165, 1.54) is 155 Å². The molecule has 1 unspecified atom stereocenters. The Morgan fingerprint density at radius 3 is 1.54 bits per heavy atom. The monoisotopic (exact) mass is 772 g/mol. The molecule has 0 radical (unpaired) electrons. The predicted octanol–water partition coefficient (Wildman–Crippen LogP) is 14.7. The summed E-state index contributed by atoms with van der Waals surface area (Å²) in [7, 11) is -0.217. The minimum Gasteiger partial charge on any atom is -0.325 e. The van der Waals surface area contributed by atoms with Crippen LogP contribution in [0.3, 0.4) is 0 Å². The number of rotatable bonds is 6. The highest BCUT2D eigenvalue weighted by molar-refractivity contribution is 7.60. The third-order valence-electron chi connectivity index (χ3n) is 14.2. The van der Waals surface area contributed by atoms with Crippen LogP contribution < -0.4 is 9.80 Å². The lowest BCUT2D eigenvalue weighted by Gasteiger charge is -2.47. The van der Waals surface area contributed by atoms with Gasteiger partial charge in [0.05, 0.1) is 0 Å². The minimum absolute atomic E-state index is 0.217. The van der Waals surface area contributed by atoms with Crippen molar-refractivity contribution in [2.75, 3.05) is 22.9 Å². The molecule has 4 fully saturated rings. The van der Waals surface area contributed by atoms with E-state index in [9.17, 15) is 0 Å². The van der Waals surface area contributed by atoms with E-state index in [0.717, 1.165) is 30.8 Å². The molecule has 296 valence electrons. The average molecular weight is 773 g/mol. The first-order valence-corrected chi connectivity index (χ1v) is 24.2. The first-order valence-electron chi connectivity index (χ1n) is 22.6. The van der Waals surface area contributed by atoms with Crippen LogP contribution >= 0.6 is 7.92 Å². The second-order valence-electron chi connectivity index (χ2n) is 18.3. The zero-order chi connectivity index (χ0) is 39.2. The quantitative estimate of drug-likeness (QED) is 0.180. The Balaban J connectivity index is 1.37. The number of anilines is 2. The summed E-state index contributed by atoms with van der Waals surface area (Å²) in [6, 6.07) is 30.3. The topological polar surface area (TPSA) is 6.48 Å². The van der Waals surface area contributed by atoms with Gasteiger partial charge in [0.1, 0.15) is 5.82 Å². The smallest absolute Gasteiger partial charge is 0.117 e. The van der Waals surface area contributed by atoms with Crippen LogP contribution in [0.4, 0.5) is 11.4 Å². The number of hydrogen-bond donors (Lipinski definition) is 0. The molecule has 1 atom stereocenters. The van der Waals surface area contributed by atoms with Gasteiger partial charge in [-0.1, -0.05) is 136 Å². The van der Waals surface area contributed by atoms with E-state index in [2.05, 4.69) is 136 Å². The van der Waals surface area contributed by atoms with Crippen molar-refractivity contribution in [1.82, 2.24) is 0 Å². The molecular weight excluding hydrogens is 708 g/mol. The largest absolute Gasteiger partial charge is 0.325 e. The van der Waals surface area contributed by atoms with E-state index in [4.69, 9.17) is 0 Å². The number of nitrogens with zero attached hydrogens (tertiary/aromatic N) is 2. The normalized spacial score (nSPS) is 22.2. The third kappa shape index (κ3) is 7.28. The lowest BCUT2D eigenvalue weighted by Crippen LogP contribution is -2.35. The Morgan fingerprint density at radius 2 is 1.02 bits per heavy atom. The molecule has 2 nitrogen and oxygen atoms in total. The van der Waals surface area contributed by atoms with Crippen LogP contribution in [0.1, 0.15) is 134 Å². The van der Waals surface area contributed by atoms with Gasteiger partial charge in [0.15, 0.2) is 0 Å². The molecule has 1 saturated heterocycles. The molecule has 0 bridgehead atoms. The van der Waals surface area contributed by atoms with Gasteiger partial charge < -0.3 is 9.80 Å². The summed E-state index contributed by atoms with van der Waals surface area (Å²) in [5.74, 6) is 1.52. The van der Waals surface area contributed by atoms with Crippen molar-refractivity contribution in [3.63, 3.8) is 0 Å². The summed E-state index contributed by atoms with van der Waals surface area (Å²) in [5, 5.41) is 0. The Morgan fingerprint density at radius 1 is 0.526 bits per heavy atom. The molecule has 4 aromatic rings. The standard InChI is InChI=1S/C54H65N2P/c1-36-31-38(3)52(39(4)32-36)55-29-30-56(53-40(5)33-37(2)34-41(53)6)54(55)51-47(49-35-48(42-19-10-7-11-20-42)45-25-16-17-26-46(45)49)27-18-28-50(51)57(43-21-12-8-13-22-43)44-23-14-9-15-24-44/h7,10-11,16-17,19-20,25-26,31-35,43-44,50H,8-9,12-15,18,21-24,27-30H2,1-6H3. The predicted molar refractivity (Wildman–Crippen MR) is 248 cm³/mol. The highest BCUT2D eigenvalue weighted by Gasteiger charge is 2.45. The molecule has 4 aromatic carbocycles. The molecule has 0 amide bonds. The van der Waals surface area contributed by atoms with E-state index in [-0.39, 0.29) is 7.92 Å². The second-order valence-corrected chi connectivity index (χ2v) is 21.3. The fraction of sp³-hybridized carbons (Fsp3) is 0.444. The molecule has 0 N–H and O–H groups in total. The fourth-order valence-corrected chi connectivity index (χ4v) is 16.8. The molecule has 3 heteroatoms. The summed E-state index contributed by atoms with van der Waals surface area (Å²) in [6.45, 7) is 16.1. The average Bonchev–Trinajstić information content (AvgIpc) is 3.80. The number of aryl methyl sites for hydroxylation is 6. The van der Waals surface area contributed by atoms with Crippen LogP contribution in [0, 0.1) is 41.5 Å². The summed E-state index contributed by atoms with van der Waals surface area (Å²) in [6.07, 6.45) is 20.8. The molecule has 1 heterocycles. The van der Waals surface area contributed by atoms with Gasteiger partial charge in [-0.05, 0) is 160 Å². The second kappa shape index (κ2) is 16.4. The molecule has 3 saturated carbocycles. The van der Waals surface area contributed by atoms with Crippen LogP contribution in [-0.4, -0.2) is 30.1 Å². The number of fused-ring (bicyclic) bond motifs is 1. The maximum absolute atomic E-state index is 2.84. The SMILES string of the molecule is Cc1cc(C)c(N2CCN(c3c(C)cc(C)cc3C)C2=C2C(=C3C=C(c4ccccc4)c4ccccc43)CCCC2P(C2CCCCC2)C2CCCCC2)c(C)c1. The third-order valence-corrected chi connectivity index (χ3v) is 18.2. The van der Waals surface area contributed by atoms with Crippen molar-refractivity contribution in [2.45, 2.75) is 142 Å². The molecule has 9 rings (SSSR count). The van der Waals surface area contributed by atoms with E-state index in [1.807, 2.05) is 0 Å². The summed E-state index contributed by atoms with van der Waals surface area (Å²) in [4.78, 5) is 5.68. The highest BCUT2D eigenvalue weighted by atomic mass is 31.1. The lowest BCUT2D eigenvalue weighted by atomic mass is 9.83. The Bertz CT molecular complexity index is 2100. The van der Waals surface area contributed by atoms with E-state index in [1.54, 1.807) is 11.1 Å². The van der Waals surface area contributed by atoms with Gasteiger partial charge in [0.25, 0.3) is 0 Å². The van der Waals surface area contributed by atoms with Gasteiger partial charge in [-0.15, -0.1) is 0 Å². The Labute approximate surface area is 345 Å². The molecule has 5 aliphatic rings. The van der Waals surface area contributed by atoms with E-state index in [0.29, 0.717) is 5.66 Å². The summed E-state index contributed by atoms with van der Waals surface area (Å²) in [5.41, 5.74) is 24.1.